The Bertz CT molecular complexity index is 499. The van der Waals surface area contributed by atoms with E-state index in [0.29, 0.717) is 18.4 Å². The number of amides is 1. The average molecular weight is 292 g/mol. The first-order chi connectivity index (χ1) is 9.83. The molecule has 1 N–H and O–H groups in total. The molecule has 1 aromatic heterocycles. The minimum absolute atomic E-state index is 0.225. The Labute approximate surface area is 125 Å². The van der Waals surface area contributed by atoms with Crippen molar-refractivity contribution in [3.05, 3.63) is 18.0 Å². The fraction of sp³-hybridized carbons (Fsp3) is 0.667. The molecule has 0 radical (unpaired) electrons. The normalized spacial score (nSPS) is 18.7. The van der Waals surface area contributed by atoms with E-state index in [4.69, 9.17) is 4.74 Å². The summed E-state index contributed by atoms with van der Waals surface area (Å²) in [5.74, 6) is 1.05. The molecule has 0 aromatic carbocycles. The summed E-state index contributed by atoms with van der Waals surface area (Å²) in [5.41, 5.74) is 0.498. The van der Waals surface area contributed by atoms with E-state index in [9.17, 15) is 4.79 Å². The van der Waals surface area contributed by atoms with E-state index in [2.05, 4.69) is 15.3 Å². The molecule has 0 aliphatic carbocycles. The lowest BCUT2D eigenvalue weighted by atomic mass is 10.1. The highest BCUT2D eigenvalue weighted by Crippen LogP contribution is 2.19. The van der Waals surface area contributed by atoms with Crippen molar-refractivity contribution in [2.24, 2.45) is 5.92 Å². The summed E-state index contributed by atoms with van der Waals surface area (Å²) in [4.78, 5) is 22.2. The predicted molar refractivity (Wildman–Crippen MR) is 81.2 cm³/mol. The van der Waals surface area contributed by atoms with E-state index in [1.165, 1.54) is 0 Å². The maximum Gasteiger partial charge on any atom is 0.410 e. The largest absolute Gasteiger partial charge is 0.444 e. The average Bonchev–Trinajstić information content (AvgIpc) is 2.83. The topological polar surface area (TPSA) is 67.4 Å². The number of carbonyl (C=O) groups excluding carboxylic acids is 1. The van der Waals surface area contributed by atoms with E-state index >= 15 is 0 Å². The molecule has 21 heavy (non-hydrogen) atoms. The molecule has 116 valence electrons. The fourth-order valence-corrected chi connectivity index (χ4v) is 2.26. The van der Waals surface area contributed by atoms with E-state index in [-0.39, 0.29) is 6.09 Å². The summed E-state index contributed by atoms with van der Waals surface area (Å²) >= 11 is 0. The SMILES string of the molecule is Cc1ccnc(NC[C@@H]2CCN(C(=O)OC(C)(C)C)C2)n1. The lowest BCUT2D eigenvalue weighted by molar-refractivity contribution is 0.0289. The minimum atomic E-state index is -0.442. The maximum atomic E-state index is 12.0. The number of likely N-dealkylation sites (tertiary alicyclic amines) is 1. The lowest BCUT2D eigenvalue weighted by Crippen LogP contribution is -2.35. The van der Waals surface area contributed by atoms with Gasteiger partial charge in [0.15, 0.2) is 0 Å². The van der Waals surface area contributed by atoms with Crippen molar-refractivity contribution >= 4 is 12.0 Å². The van der Waals surface area contributed by atoms with Gasteiger partial charge in [-0.05, 0) is 46.1 Å². The molecular weight excluding hydrogens is 268 g/mol. The third-order valence-corrected chi connectivity index (χ3v) is 3.28. The summed E-state index contributed by atoms with van der Waals surface area (Å²) in [6.07, 6.45) is 2.49. The van der Waals surface area contributed by atoms with Crippen LogP contribution in [0.5, 0.6) is 0 Å². The summed E-state index contributed by atoms with van der Waals surface area (Å²) in [7, 11) is 0. The van der Waals surface area contributed by atoms with Crippen molar-refractivity contribution in [3.8, 4) is 0 Å². The number of hydrogen-bond acceptors (Lipinski definition) is 5. The van der Waals surface area contributed by atoms with Crippen LogP contribution in [-0.2, 0) is 4.74 Å². The molecule has 1 aliphatic rings. The molecule has 2 heterocycles. The number of anilines is 1. The quantitative estimate of drug-likeness (QED) is 0.927. The zero-order valence-electron chi connectivity index (χ0n) is 13.2. The second-order valence-electron chi connectivity index (χ2n) is 6.48. The number of carbonyl (C=O) groups is 1. The molecule has 1 aromatic rings. The zero-order chi connectivity index (χ0) is 15.5. The van der Waals surface area contributed by atoms with Gasteiger partial charge in [0.2, 0.25) is 5.95 Å². The monoisotopic (exact) mass is 292 g/mol. The number of rotatable bonds is 3. The minimum Gasteiger partial charge on any atom is -0.444 e. The molecular formula is C15H24N4O2. The van der Waals surface area contributed by atoms with Crippen molar-refractivity contribution in [3.63, 3.8) is 0 Å². The van der Waals surface area contributed by atoms with Crippen LogP contribution in [0.4, 0.5) is 10.7 Å². The smallest absolute Gasteiger partial charge is 0.410 e. The van der Waals surface area contributed by atoms with Crippen molar-refractivity contribution in [1.29, 1.82) is 0 Å². The highest BCUT2D eigenvalue weighted by molar-refractivity contribution is 5.68. The standard InChI is InChI=1S/C15H24N4O2/c1-11-5-7-16-13(18-11)17-9-12-6-8-19(10-12)14(20)21-15(2,3)4/h5,7,12H,6,8-10H2,1-4H3,(H,16,17,18)/t12-/m0/s1. The second-order valence-corrected chi connectivity index (χ2v) is 6.48. The highest BCUT2D eigenvalue weighted by Gasteiger charge is 2.29. The Morgan fingerprint density at radius 1 is 1.52 bits per heavy atom. The van der Waals surface area contributed by atoms with Gasteiger partial charge in [0.1, 0.15) is 5.60 Å². The first kappa shape index (κ1) is 15.5. The molecule has 0 spiro atoms. The van der Waals surface area contributed by atoms with Crippen LogP contribution in [0.2, 0.25) is 0 Å². The van der Waals surface area contributed by atoms with E-state index < -0.39 is 5.60 Å². The van der Waals surface area contributed by atoms with Crippen molar-refractivity contribution in [2.75, 3.05) is 25.0 Å². The third kappa shape index (κ3) is 4.88. The molecule has 2 rings (SSSR count). The van der Waals surface area contributed by atoms with Gasteiger partial charge in [-0.3, -0.25) is 0 Å². The number of aryl methyl sites for hydroxylation is 1. The van der Waals surface area contributed by atoms with Gasteiger partial charge in [0.25, 0.3) is 0 Å². The zero-order valence-corrected chi connectivity index (χ0v) is 13.2. The Kier molecular flexibility index (Phi) is 4.65. The molecule has 1 amide bonds. The van der Waals surface area contributed by atoms with Gasteiger partial charge in [-0.1, -0.05) is 0 Å². The Morgan fingerprint density at radius 3 is 2.95 bits per heavy atom. The van der Waals surface area contributed by atoms with Crippen LogP contribution in [0.15, 0.2) is 12.3 Å². The maximum absolute atomic E-state index is 12.0. The number of nitrogens with one attached hydrogen (secondary N) is 1. The van der Waals surface area contributed by atoms with Crippen LogP contribution < -0.4 is 5.32 Å². The first-order valence-corrected chi connectivity index (χ1v) is 7.35. The molecule has 1 aliphatic heterocycles. The van der Waals surface area contributed by atoms with E-state index in [1.807, 2.05) is 33.8 Å². The Morgan fingerprint density at radius 2 is 2.29 bits per heavy atom. The lowest BCUT2D eigenvalue weighted by Gasteiger charge is -2.24. The molecule has 0 unspecified atom stereocenters. The second kappa shape index (κ2) is 6.28. The summed E-state index contributed by atoms with van der Waals surface area (Å²) < 4.78 is 5.39. The molecule has 6 heteroatoms. The summed E-state index contributed by atoms with van der Waals surface area (Å²) in [6, 6.07) is 1.87. The van der Waals surface area contributed by atoms with Gasteiger partial charge in [0, 0.05) is 31.5 Å². The van der Waals surface area contributed by atoms with Gasteiger partial charge in [-0.25, -0.2) is 14.8 Å². The Hall–Kier alpha value is -1.85. The van der Waals surface area contributed by atoms with Gasteiger partial charge in [0.05, 0.1) is 0 Å². The number of hydrogen-bond donors (Lipinski definition) is 1. The van der Waals surface area contributed by atoms with Crippen LogP contribution in [0.1, 0.15) is 32.9 Å². The van der Waals surface area contributed by atoms with Gasteiger partial charge < -0.3 is 15.0 Å². The summed E-state index contributed by atoms with van der Waals surface area (Å²) in [6.45, 7) is 9.82. The van der Waals surface area contributed by atoms with Gasteiger partial charge in [-0.15, -0.1) is 0 Å². The Balaban J connectivity index is 1.79. The highest BCUT2D eigenvalue weighted by atomic mass is 16.6. The van der Waals surface area contributed by atoms with Crippen molar-refractivity contribution < 1.29 is 9.53 Å². The van der Waals surface area contributed by atoms with Crippen LogP contribution in [0.3, 0.4) is 0 Å². The molecule has 1 atom stereocenters. The van der Waals surface area contributed by atoms with E-state index in [1.54, 1.807) is 11.1 Å². The van der Waals surface area contributed by atoms with Crippen LogP contribution in [-0.4, -0.2) is 46.2 Å². The van der Waals surface area contributed by atoms with Crippen LogP contribution in [0.25, 0.3) is 0 Å². The summed E-state index contributed by atoms with van der Waals surface area (Å²) in [5, 5.41) is 3.23. The number of ether oxygens (including phenoxy) is 1. The molecule has 0 bridgehead atoms. The van der Waals surface area contributed by atoms with Crippen LogP contribution >= 0.6 is 0 Å². The first-order valence-electron chi connectivity index (χ1n) is 7.35. The van der Waals surface area contributed by atoms with Gasteiger partial charge in [-0.2, -0.15) is 0 Å². The number of nitrogens with zero attached hydrogens (tertiary/aromatic N) is 3. The van der Waals surface area contributed by atoms with Crippen LogP contribution in [0, 0.1) is 12.8 Å². The van der Waals surface area contributed by atoms with Crippen molar-refractivity contribution in [2.45, 2.75) is 39.7 Å². The predicted octanol–water partition coefficient (Wildman–Crippen LogP) is 2.45. The van der Waals surface area contributed by atoms with Gasteiger partial charge >= 0.3 is 6.09 Å². The molecule has 0 saturated carbocycles. The molecule has 1 saturated heterocycles. The number of aromatic nitrogens is 2. The molecule has 6 nitrogen and oxygen atoms in total. The molecule has 1 fully saturated rings. The third-order valence-electron chi connectivity index (χ3n) is 3.28. The van der Waals surface area contributed by atoms with E-state index in [0.717, 1.165) is 25.2 Å². The fourth-order valence-electron chi connectivity index (χ4n) is 2.26. The van der Waals surface area contributed by atoms with Crippen molar-refractivity contribution in [1.82, 2.24) is 14.9 Å².